The molecule has 1 saturated heterocycles. The topological polar surface area (TPSA) is 81.1 Å². The minimum absolute atomic E-state index is 0.0347. The molecule has 1 aliphatic heterocycles. The van der Waals surface area contributed by atoms with Crippen molar-refractivity contribution in [3.63, 3.8) is 0 Å². The van der Waals surface area contributed by atoms with Crippen molar-refractivity contribution < 1.29 is 9.53 Å². The Labute approximate surface area is 128 Å². The number of hydrogen-bond donors (Lipinski definition) is 2. The minimum atomic E-state index is -0.207. The number of amides is 2. The maximum atomic E-state index is 12.0. The average molecular weight is 301 g/mol. The first kappa shape index (κ1) is 14.5. The molecule has 0 unspecified atom stereocenters. The monoisotopic (exact) mass is 301 g/mol. The maximum absolute atomic E-state index is 12.0. The summed E-state index contributed by atoms with van der Waals surface area (Å²) in [5.41, 5.74) is 1.75. The Kier molecular flexibility index (Phi) is 4.34. The predicted octanol–water partition coefficient (Wildman–Crippen LogP) is 1.86. The summed E-state index contributed by atoms with van der Waals surface area (Å²) in [5.74, 6) is 0. The van der Waals surface area contributed by atoms with Crippen LogP contribution in [0.1, 0.15) is 24.6 Å². The van der Waals surface area contributed by atoms with Crippen LogP contribution in [0.25, 0.3) is 0 Å². The largest absolute Gasteiger partial charge is 0.372 e. The Morgan fingerprint density at radius 3 is 2.91 bits per heavy atom. The molecule has 0 bridgehead atoms. The van der Waals surface area contributed by atoms with Crippen molar-refractivity contribution in [3.05, 3.63) is 42.7 Å². The van der Waals surface area contributed by atoms with E-state index in [-0.39, 0.29) is 18.2 Å². The zero-order valence-corrected chi connectivity index (χ0v) is 12.4. The van der Waals surface area contributed by atoms with E-state index in [9.17, 15) is 4.79 Å². The van der Waals surface area contributed by atoms with E-state index in [1.807, 2.05) is 17.8 Å². The Balaban J connectivity index is 1.56. The first-order chi connectivity index (χ1) is 10.7. The summed E-state index contributed by atoms with van der Waals surface area (Å²) >= 11 is 0. The van der Waals surface area contributed by atoms with Crippen molar-refractivity contribution in [2.45, 2.75) is 25.0 Å². The normalized spacial score (nSPS) is 21.3. The van der Waals surface area contributed by atoms with E-state index in [4.69, 9.17) is 4.74 Å². The van der Waals surface area contributed by atoms with Gasteiger partial charge in [-0.1, -0.05) is 0 Å². The molecule has 2 aromatic heterocycles. The predicted molar refractivity (Wildman–Crippen MR) is 81.3 cm³/mol. The fraction of sp³-hybridized carbons (Fsp3) is 0.400. The molecular weight excluding hydrogens is 282 g/mol. The van der Waals surface area contributed by atoms with Crippen LogP contribution in [0.3, 0.4) is 0 Å². The second-order valence-corrected chi connectivity index (χ2v) is 5.34. The summed E-state index contributed by atoms with van der Waals surface area (Å²) in [7, 11) is 1.94. The van der Waals surface area contributed by atoms with Crippen LogP contribution in [-0.4, -0.2) is 33.2 Å². The number of carbonyl (C=O) groups is 1. The Hall–Kier alpha value is -2.41. The van der Waals surface area contributed by atoms with Crippen molar-refractivity contribution in [1.82, 2.24) is 19.9 Å². The zero-order valence-electron chi connectivity index (χ0n) is 12.4. The van der Waals surface area contributed by atoms with Gasteiger partial charge in [-0.05, 0) is 25.0 Å². The van der Waals surface area contributed by atoms with Gasteiger partial charge in [0.2, 0.25) is 0 Å². The molecule has 2 atom stereocenters. The van der Waals surface area contributed by atoms with Crippen molar-refractivity contribution in [1.29, 1.82) is 0 Å². The molecule has 0 aromatic carbocycles. The number of hydrogen-bond acceptors (Lipinski definition) is 4. The molecule has 2 N–H and O–H groups in total. The SMILES string of the molecule is Cn1cncc1[C@@H]1C[C@H](NC(=O)Nc2ccncc2)CCO1. The van der Waals surface area contributed by atoms with Gasteiger partial charge in [0.05, 0.1) is 18.2 Å². The third kappa shape index (κ3) is 3.43. The summed E-state index contributed by atoms with van der Waals surface area (Å²) < 4.78 is 7.74. The molecule has 3 rings (SSSR count). The summed E-state index contributed by atoms with van der Waals surface area (Å²) in [6, 6.07) is 3.38. The molecule has 7 nitrogen and oxygen atoms in total. The van der Waals surface area contributed by atoms with Crippen LogP contribution in [0.4, 0.5) is 10.5 Å². The molecule has 7 heteroatoms. The van der Waals surface area contributed by atoms with Crippen LogP contribution >= 0.6 is 0 Å². The first-order valence-electron chi connectivity index (χ1n) is 7.28. The maximum Gasteiger partial charge on any atom is 0.319 e. The van der Waals surface area contributed by atoms with Gasteiger partial charge in [0.25, 0.3) is 0 Å². The second-order valence-electron chi connectivity index (χ2n) is 5.34. The van der Waals surface area contributed by atoms with Crippen molar-refractivity contribution in [2.75, 3.05) is 11.9 Å². The number of aryl methyl sites for hydroxylation is 1. The minimum Gasteiger partial charge on any atom is -0.372 e. The molecule has 116 valence electrons. The second kappa shape index (κ2) is 6.57. The average Bonchev–Trinajstić information content (AvgIpc) is 2.94. The lowest BCUT2D eigenvalue weighted by Crippen LogP contribution is -2.42. The highest BCUT2D eigenvalue weighted by molar-refractivity contribution is 5.89. The highest BCUT2D eigenvalue weighted by atomic mass is 16.5. The standard InChI is InChI=1S/C15H19N5O2/c1-20-10-17-9-13(20)14-8-12(4-7-22-14)19-15(21)18-11-2-5-16-6-3-11/h2-3,5-6,9-10,12,14H,4,7-8H2,1H3,(H2,16,18,19,21)/t12-,14+/m1/s1. The van der Waals surface area contributed by atoms with Gasteiger partial charge in [-0.15, -0.1) is 0 Å². The van der Waals surface area contributed by atoms with Gasteiger partial charge in [-0.2, -0.15) is 0 Å². The number of rotatable bonds is 3. The number of urea groups is 1. The third-order valence-electron chi connectivity index (χ3n) is 3.74. The van der Waals surface area contributed by atoms with E-state index in [1.165, 1.54) is 0 Å². The Bertz CT molecular complexity index is 628. The summed E-state index contributed by atoms with van der Waals surface area (Å²) in [6.07, 6.45) is 8.36. The van der Waals surface area contributed by atoms with Gasteiger partial charge in [-0.25, -0.2) is 9.78 Å². The van der Waals surface area contributed by atoms with E-state index in [2.05, 4.69) is 20.6 Å². The lowest BCUT2D eigenvalue weighted by molar-refractivity contribution is -0.00151. The molecule has 0 aliphatic carbocycles. The van der Waals surface area contributed by atoms with E-state index >= 15 is 0 Å². The summed E-state index contributed by atoms with van der Waals surface area (Å²) in [4.78, 5) is 20.1. The molecule has 0 spiro atoms. The van der Waals surface area contributed by atoms with Crippen LogP contribution in [0, 0.1) is 0 Å². The van der Waals surface area contributed by atoms with Crippen LogP contribution in [0.2, 0.25) is 0 Å². The quantitative estimate of drug-likeness (QED) is 0.906. The molecule has 1 aliphatic rings. The fourth-order valence-corrected chi connectivity index (χ4v) is 2.60. The number of nitrogens with one attached hydrogen (secondary N) is 2. The molecule has 0 radical (unpaired) electrons. The Morgan fingerprint density at radius 2 is 2.18 bits per heavy atom. The highest BCUT2D eigenvalue weighted by Gasteiger charge is 2.26. The number of nitrogens with zero attached hydrogens (tertiary/aromatic N) is 3. The summed E-state index contributed by atoms with van der Waals surface area (Å²) in [6.45, 7) is 0.621. The third-order valence-corrected chi connectivity index (χ3v) is 3.74. The van der Waals surface area contributed by atoms with Crippen LogP contribution in [-0.2, 0) is 11.8 Å². The zero-order chi connectivity index (χ0) is 15.4. The van der Waals surface area contributed by atoms with E-state index in [0.29, 0.717) is 6.61 Å². The molecule has 2 amide bonds. The van der Waals surface area contributed by atoms with Gasteiger partial charge >= 0.3 is 6.03 Å². The lowest BCUT2D eigenvalue weighted by atomic mass is 10.0. The van der Waals surface area contributed by atoms with Crippen LogP contribution < -0.4 is 10.6 Å². The number of aromatic nitrogens is 3. The van der Waals surface area contributed by atoms with Crippen molar-refractivity contribution >= 4 is 11.7 Å². The lowest BCUT2D eigenvalue weighted by Gasteiger charge is -2.30. The number of anilines is 1. The number of imidazole rings is 1. The van der Waals surface area contributed by atoms with Gasteiger partial charge in [0.1, 0.15) is 6.10 Å². The van der Waals surface area contributed by atoms with Gasteiger partial charge in [0.15, 0.2) is 0 Å². The number of pyridine rings is 1. The van der Waals surface area contributed by atoms with Crippen molar-refractivity contribution in [3.8, 4) is 0 Å². The first-order valence-corrected chi connectivity index (χ1v) is 7.28. The molecule has 2 aromatic rings. The van der Waals surface area contributed by atoms with Gasteiger partial charge in [-0.3, -0.25) is 4.98 Å². The molecule has 3 heterocycles. The molecule has 1 fully saturated rings. The van der Waals surface area contributed by atoms with Crippen molar-refractivity contribution in [2.24, 2.45) is 7.05 Å². The molecule has 22 heavy (non-hydrogen) atoms. The molecular formula is C15H19N5O2. The molecule has 0 saturated carbocycles. The van der Waals surface area contributed by atoms with Crippen LogP contribution in [0.5, 0.6) is 0 Å². The number of carbonyl (C=O) groups excluding carboxylic acids is 1. The van der Waals surface area contributed by atoms with E-state index in [1.54, 1.807) is 30.9 Å². The smallest absolute Gasteiger partial charge is 0.319 e. The van der Waals surface area contributed by atoms with Crippen LogP contribution in [0.15, 0.2) is 37.1 Å². The Morgan fingerprint density at radius 1 is 1.36 bits per heavy atom. The van der Waals surface area contributed by atoms with E-state index in [0.717, 1.165) is 24.2 Å². The summed E-state index contributed by atoms with van der Waals surface area (Å²) in [5, 5.41) is 5.80. The van der Waals surface area contributed by atoms with E-state index < -0.39 is 0 Å². The van der Waals surface area contributed by atoms with Gasteiger partial charge < -0.3 is 19.9 Å². The number of ether oxygens (including phenoxy) is 1. The highest BCUT2D eigenvalue weighted by Crippen LogP contribution is 2.27. The van der Waals surface area contributed by atoms with Gasteiger partial charge in [0, 0.05) is 37.8 Å². The fourth-order valence-electron chi connectivity index (χ4n) is 2.60.